The number of hydrogen-bond donors (Lipinski definition) is 1. The quantitative estimate of drug-likeness (QED) is 0.779. The molecule has 0 spiro atoms. The molecule has 2 aromatic rings. The first-order valence-electron chi connectivity index (χ1n) is 5.82. The predicted molar refractivity (Wildman–Crippen MR) is 63.8 cm³/mol. The summed E-state index contributed by atoms with van der Waals surface area (Å²) in [6.07, 6.45) is 3.54. The molecule has 0 fully saturated rings. The molecule has 0 atom stereocenters. The van der Waals surface area contributed by atoms with Crippen LogP contribution < -0.4 is 0 Å². The second-order valence-electron chi connectivity index (χ2n) is 4.03. The van der Waals surface area contributed by atoms with Crippen LogP contribution in [0.15, 0.2) is 28.7 Å². The van der Waals surface area contributed by atoms with Crippen LogP contribution in [0.3, 0.4) is 0 Å². The van der Waals surface area contributed by atoms with Crippen molar-refractivity contribution in [2.45, 2.75) is 32.1 Å². The number of unbranched alkanes of at least 4 members (excludes halogenated alkanes) is 2. The highest BCUT2D eigenvalue weighted by Crippen LogP contribution is 2.16. The lowest BCUT2D eigenvalue weighted by Gasteiger charge is -1.95. The van der Waals surface area contributed by atoms with E-state index in [9.17, 15) is 4.79 Å². The van der Waals surface area contributed by atoms with Crippen molar-refractivity contribution in [2.75, 3.05) is 0 Å². The first-order chi connectivity index (χ1) is 8.25. The van der Waals surface area contributed by atoms with Gasteiger partial charge >= 0.3 is 5.97 Å². The van der Waals surface area contributed by atoms with E-state index in [1.165, 1.54) is 0 Å². The van der Waals surface area contributed by atoms with Crippen molar-refractivity contribution in [1.29, 1.82) is 0 Å². The summed E-state index contributed by atoms with van der Waals surface area (Å²) < 4.78 is 5.57. The van der Waals surface area contributed by atoms with Gasteiger partial charge in [0.15, 0.2) is 11.5 Å². The van der Waals surface area contributed by atoms with Gasteiger partial charge in [-0.3, -0.25) is 4.79 Å². The normalized spacial score (nSPS) is 10.8. The number of aryl methyl sites for hydroxylation is 1. The molecule has 1 N–H and O–H groups in total. The minimum absolute atomic E-state index is 0.244. The summed E-state index contributed by atoms with van der Waals surface area (Å²) in [7, 11) is 0. The van der Waals surface area contributed by atoms with E-state index in [4.69, 9.17) is 9.52 Å². The Morgan fingerprint density at radius 2 is 2.06 bits per heavy atom. The number of aromatic nitrogens is 1. The third kappa shape index (κ3) is 3.31. The van der Waals surface area contributed by atoms with Gasteiger partial charge in [-0.25, -0.2) is 4.98 Å². The second-order valence-corrected chi connectivity index (χ2v) is 4.03. The monoisotopic (exact) mass is 233 g/mol. The summed E-state index contributed by atoms with van der Waals surface area (Å²) in [6, 6.07) is 7.68. The van der Waals surface area contributed by atoms with E-state index in [1.54, 1.807) is 0 Å². The summed E-state index contributed by atoms with van der Waals surface area (Å²) in [6.45, 7) is 0. The van der Waals surface area contributed by atoms with Crippen LogP contribution in [0.4, 0.5) is 0 Å². The van der Waals surface area contributed by atoms with Crippen molar-refractivity contribution >= 4 is 17.1 Å². The Bertz CT molecular complexity index is 471. The van der Waals surface area contributed by atoms with Gasteiger partial charge < -0.3 is 9.52 Å². The van der Waals surface area contributed by atoms with Crippen molar-refractivity contribution in [3.63, 3.8) is 0 Å². The maximum absolute atomic E-state index is 10.3. The topological polar surface area (TPSA) is 63.3 Å². The minimum Gasteiger partial charge on any atom is -0.481 e. The summed E-state index contributed by atoms with van der Waals surface area (Å²) in [4.78, 5) is 14.7. The summed E-state index contributed by atoms with van der Waals surface area (Å²) in [5.41, 5.74) is 1.70. The number of hydrogen-bond acceptors (Lipinski definition) is 3. The number of para-hydroxylation sites is 2. The Hall–Kier alpha value is -1.84. The lowest BCUT2D eigenvalue weighted by molar-refractivity contribution is -0.137. The maximum atomic E-state index is 10.3. The minimum atomic E-state index is -0.730. The van der Waals surface area contributed by atoms with Crippen molar-refractivity contribution in [3.05, 3.63) is 30.2 Å². The molecule has 0 bridgehead atoms. The lowest BCUT2D eigenvalue weighted by Crippen LogP contribution is -1.94. The fourth-order valence-corrected chi connectivity index (χ4v) is 1.76. The Balaban J connectivity index is 1.81. The fraction of sp³-hybridized carbons (Fsp3) is 0.385. The van der Waals surface area contributed by atoms with E-state index < -0.39 is 5.97 Å². The van der Waals surface area contributed by atoms with Gasteiger partial charge in [-0.2, -0.15) is 0 Å². The van der Waals surface area contributed by atoms with E-state index >= 15 is 0 Å². The molecule has 4 heteroatoms. The molecule has 1 aromatic heterocycles. The molecule has 0 aliphatic heterocycles. The molecule has 0 amide bonds. The molecule has 17 heavy (non-hydrogen) atoms. The zero-order chi connectivity index (χ0) is 12.1. The number of nitrogens with zero attached hydrogens (tertiary/aromatic N) is 1. The van der Waals surface area contributed by atoms with Crippen LogP contribution in [-0.2, 0) is 11.2 Å². The third-order valence-corrected chi connectivity index (χ3v) is 2.62. The van der Waals surface area contributed by atoms with Gasteiger partial charge in [-0.15, -0.1) is 0 Å². The SMILES string of the molecule is O=C(O)CCCCCc1nc2ccccc2o1. The maximum Gasteiger partial charge on any atom is 0.303 e. The molecule has 0 aliphatic carbocycles. The molecule has 90 valence electrons. The Morgan fingerprint density at radius 1 is 1.24 bits per heavy atom. The van der Waals surface area contributed by atoms with Gasteiger partial charge in [0.25, 0.3) is 0 Å². The molecule has 0 radical (unpaired) electrons. The van der Waals surface area contributed by atoms with Crippen LogP contribution in [-0.4, -0.2) is 16.1 Å². The highest BCUT2D eigenvalue weighted by molar-refractivity contribution is 5.72. The van der Waals surface area contributed by atoms with Gasteiger partial charge in [0, 0.05) is 12.8 Å². The first kappa shape index (κ1) is 11.6. The van der Waals surface area contributed by atoms with Crippen LogP contribution in [0.5, 0.6) is 0 Å². The zero-order valence-corrected chi connectivity index (χ0v) is 9.56. The van der Waals surface area contributed by atoms with Crippen LogP contribution in [0.2, 0.25) is 0 Å². The van der Waals surface area contributed by atoms with E-state index in [1.807, 2.05) is 24.3 Å². The van der Waals surface area contributed by atoms with Gasteiger partial charge in [0.2, 0.25) is 0 Å². The summed E-state index contributed by atoms with van der Waals surface area (Å²) in [5, 5.41) is 8.49. The highest BCUT2D eigenvalue weighted by atomic mass is 16.4. The number of benzene rings is 1. The number of rotatable bonds is 6. The number of carbonyl (C=O) groups is 1. The molecule has 1 heterocycles. The van der Waals surface area contributed by atoms with Crippen LogP contribution in [0, 0.1) is 0 Å². The third-order valence-electron chi connectivity index (χ3n) is 2.62. The number of oxazole rings is 1. The Labute approximate surface area is 99.3 Å². The van der Waals surface area contributed by atoms with Crippen molar-refractivity contribution in [2.24, 2.45) is 0 Å². The zero-order valence-electron chi connectivity index (χ0n) is 9.56. The average molecular weight is 233 g/mol. The molecular weight excluding hydrogens is 218 g/mol. The van der Waals surface area contributed by atoms with Crippen molar-refractivity contribution in [1.82, 2.24) is 4.98 Å². The number of carboxylic acids is 1. The molecule has 4 nitrogen and oxygen atoms in total. The van der Waals surface area contributed by atoms with E-state index in [0.717, 1.165) is 42.7 Å². The summed E-state index contributed by atoms with van der Waals surface area (Å²) >= 11 is 0. The van der Waals surface area contributed by atoms with E-state index in [2.05, 4.69) is 4.98 Å². The van der Waals surface area contributed by atoms with Crippen LogP contribution in [0.25, 0.3) is 11.1 Å². The molecule has 2 rings (SSSR count). The van der Waals surface area contributed by atoms with Crippen LogP contribution >= 0.6 is 0 Å². The highest BCUT2D eigenvalue weighted by Gasteiger charge is 2.04. The fourth-order valence-electron chi connectivity index (χ4n) is 1.76. The van der Waals surface area contributed by atoms with E-state index in [0.29, 0.717) is 0 Å². The molecule has 0 saturated carbocycles. The van der Waals surface area contributed by atoms with Gasteiger partial charge in [-0.05, 0) is 25.0 Å². The van der Waals surface area contributed by atoms with Gasteiger partial charge in [-0.1, -0.05) is 18.6 Å². The molecule has 1 aromatic carbocycles. The van der Waals surface area contributed by atoms with Crippen molar-refractivity contribution in [3.8, 4) is 0 Å². The standard InChI is InChI=1S/C13H15NO3/c15-13(16)9-3-1-2-8-12-14-10-6-4-5-7-11(10)17-12/h4-7H,1-3,8-9H2,(H,15,16). The lowest BCUT2D eigenvalue weighted by atomic mass is 10.1. The predicted octanol–water partition coefficient (Wildman–Crippen LogP) is 3.02. The molecule has 0 aliphatic rings. The van der Waals surface area contributed by atoms with Gasteiger partial charge in [0.1, 0.15) is 5.52 Å². The number of carboxylic acid groups (broad SMARTS) is 1. The van der Waals surface area contributed by atoms with Crippen molar-refractivity contribution < 1.29 is 14.3 Å². The summed E-state index contributed by atoms with van der Waals surface area (Å²) in [5.74, 6) is 0.00777. The largest absolute Gasteiger partial charge is 0.481 e. The Kier molecular flexibility index (Phi) is 3.75. The van der Waals surface area contributed by atoms with Crippen LogP contribution in [0.1, 0.15) is 31.6 Å². The first-order valence-corrected chi connectivity index (χ1v) is 5.82. The second kappa shape index (κ2) is 5.48. The number of aliphatic carboxylic acids is 1. The molecular formula is C13H15NO3. The molecule has 0 unspecified atom stereocenters. The average Bonchev–Trinajstić information content (AvgIpc) is 2.70. The Morgan fingerprint density at radius 3 is 2.82 bits per heavy atom. The van der Waals surface area contributed by atoms with E-state index in [-0.39, 0.29) is 6.42 Å². The van der Waals surface area contributed by atoms with Gasteiger partial charge in [0.05, 0.1) is 0 Å². The molecule has 0 saturated heterocycles. The number of fused-ring (bicyclic) bond motifs is 1. The smallest absolute Gasteiger partial charge is 0.303 e.